The topological polar surface area (TPSA) is 99.2 Å². The third kappa shape index (κ3) is 4.84. The number of nitrogens with one attached hydrogen (secondary N) is 1. The van der Waals surface area contributed by atoms with E-state index < -0.39 is 17.4 Å². The van der Waals surface area contributed by atoms with Crippen LogP contribution in [-0.2, 0) is 9.59 Å². The van der Waals surface area contributed by atoms with Crippen molar-refractivity contribution in [1.82, 2.24) is 10.2 Å². The number of benzene rings is 1. The van der Waals surface area contributed by atoms with Crippen molar-refractivity contribution in [3.8, 4) is 5.75 Å². The molecule has 0 saturated carbocycles. The lowest BCUT2D eigenvalue weighted by Gasteiger charge is -2.33. The second-order valence-corrected chi connectivity index (χ2v) is 9.12. The molecule has 2 aliphatic heterocycles. The highest BCUT2D eigenvalue weighted by Crippen LogP contribution is 2.33. The maximum absolute atomic E-state index is 13.4. The minimum atomic E-state index is -1.52. The molecule has 0 unspecified atom stereocenters. The Labute approximate surface area is 183 Å². The summed E-state index contributed by atoms with van der Waals surface area (Å²) in [5.74, 6) is -0.780. The van der Waals surface area contributed by atoms with Crippen molar-refractivity contribution in [2.45, 2.75) is 58.5 Å². The van der Waals surface area contributed by atoms with E-state index in [0.717, 1.165) is 37.3 Å². The molecular formula is C23H33N3O5. The highest BCUT2D eigenvalue weighted by Gasteiger charge is 2.43. The van der Waals surface area contributed by atoms with Crippen molar-refractivity contribution >= 4 is 23.5 Å². The average molecular weight is 432 g/mol. The molecule has 3 rings (SSSR count). The zero-order valence-corrected chi connectivity index (χ0v) is 18.8. The van der Waals surface area contributed by atoms with Gasteiger partial charge >= 0.3 is 5.97 Å². The molecule has 170 valence electrons. The fourth-order valence-corrected chi connectivity index (χ4v) is 4.20. The van der Waals surface area contributed by atoms with E-state index in [1.807, 2.05) is 13.8 Å². The maximum atomic E-state index is 13.4. The summed E-state index contributed by atoms with van der Waals surface area (Å²) in [6, 6.07) is 4.95. The molecule has 2 heterocycles. The second-order valence-electron chi connectivity index (χ2n) is 9.12. The van der Waals surface area contributed by atoms with Gasteiger partial charge in [-0.25, -0.2) is 4.79 Å². The highest BCUT2D eigenvalue weighted by molar-refractivity contribution is 6.11. The van der Waals surface area contributed by atoms with Crippen molar-refractivity contribution in [3.63, 3.8) is 0 Å². The van der Waals surface area contributed by atoms with E-state index in [0.29, 0.717) is 24.0 Å². The Morgan fingerprint density at radius 2 is 1.94 bits per heavy atom. The first-order valence-corrected chi connectivity index (χ1v) is 11.0. The van der Waals surface area contributed by atoms with Crippen LogP contribution in [0, 0.1) is 5.92 Å². The van der Waals surface area contributed by atoms with E-state index in [1.54, 1.807) is 23.1 Å². The van der Waals surface area contributed by atoms with Crippen LogP contribution < -0.4 is 15.0 Å². The van der Waals surface area contributed by atoms with Crippen molar-refractivity contribution in [1.29, 1.82) is 0 Å². The molecule has 0 bridgehead atoms. The molecule has 2 N–H and O–H groups in total. The largest absolute Gasteiger partial charge is 0.494 e. The first-order chi connectivity index (χ1) is 14.6. The SMILES string of the molecule is CC(C)N1C(=O)CN(C(C)(C)C(=O)O)C(=O)c2cc(OCCC3CCNCC3)ccc21. The van der Waals surface area contributed by atoms with Gasteiger partial charge in [-0.1, -0.05) is 0 Å². The van der Waals surface area contributed by atoms with Crippen LogP contribution in [0.3, 0.4) is 0 Å². The number of hydrogen-bond donors (Lipinski definition) is 2. The Hall–Kier alpha value is -2.61. The number of ether oxygens (including phenoxy) is 1. The highest BCUT2D eigenvalue weighted by atomic mass is 16.5. The fourth-order valence-electron chi connectivity index (χ4n) is 4.20. The van der Waals surface area contributed by atoms with Gasteiger partial charge in [0.1, 0.15) is 17.8 Å². The zero-order valence-electron chi connectivity index (χ0n) is 18.8. The maximum Gasteiger partial charge on any atom is 0.329 e. The molecule has 1 fully saturated rings. The first-order valence-electron chi connectivity index (χ1n) is 11.0. The minimum Gasteiger partial charge on any atom is -0.494 e. The summed E-state index contributed by atoms with van der Waals surface area (Å²) in [6.07, 6.45) is 3.22. The standard InChI is InChI=1S/C23H33N3O5/c1-15(2)26-19-6-5-17(31-12-9-16-7-10-24-11-8-16)13-18(19)21(28)25(14-20(26)27)23(3,4)22(29)30/h5-6,13,15-16,24H,7-12,14H2,1-4H3,(H,29,30). The van der Waals surface area contributed by atoms with Crippen molar-refractivity contribution in [2.24, 2.45) is 5.92 Å². The van der Waals surface area contributed by atoms with Crippen LogP contribution >= 0.6 is 0 Å². The molecule has 31 heavy (non-hydrogen) atoms. The van der Waals surface area contributed by atoms with Gasteiger partial charge in [0.15, 0.2) is 0 Å². The molecule has 0 spiro atoms. The summed E-state index contributed by atoms with van der Waals surface area (Å²) >= 11 is 0. The van der Waals surface area contributed by atoms with Gasteiger partial charge in [0.25, 0.3) is 5.91 Å². The van der Waals surface area contributed by atoms with Crippen LogP contribution in [0.1, 0.15) is 57.3 Å². The fraction of sp³-hybridized carbons (Fsp3) is 0.609. The predicted octanol–water partition coefficient (Wildman–Crippen LogP) is 2.52. The van der Waals surface area contributed by atoms with E-state index in [-0.39, 0.29) is 24.1 Å². The van der Waals surface area contributed by atoms with Gasteiger partial charge in [0.05, 0.1) is 17.9 Å². The van der Waals surface area contributed by atoms with Gasteiger partial charge in [0, 0.05) is 6.04 Å². The molecule has 1 aromatic carbocycles. The van der Waals surface area contributed by atoms with Crippen LogP contribution in [0.15, 0.2) is 18.2 Å². The van der Waals surface area contributed by atoms with Crippen molar-refractivity contribution in [2.75, 3.05) is 31.1 Å². The van der Waals surface area contributed by atoms with Crippen LogP contribution in [0.5, 0.6) is 5.75 Å². The first kappa shape index (κ1) is 23.1. The summed E-state index contributed by atoms with van der Waals surface area (Å²) < 4.78 is 5.94. The summed E-state index contributed by atoms with van der Waals surface area (Å²) in [5.41, 5.74) is -0.754. The number of nitrogens with zero attached hydrogens (tertiary/aromatic N) is 2. The Bertz CT molecular complexity index is 846. The lowest BCUT2D eigenvalue weighted by molar-refractivity contribution is -0.148. The van der Waals surface area contributed by atoms with Gasteiger partial charge < -0.3 is 25.0 Å². The third-order valence-corrected chi connectivity index (χ3v) is 6.23. The van der Waals surface area contributed by atoms with Crippen molar-refractivity contribution < 1.29 is 24.2 Å². The number of carboxylic acid groups (broad SMARTS) is 1. The number of carbonyl (C=O) groups is 3. The molecule has 2 amide bonds. The molecule has 1 aromatic rings. The predicted molar refractivity (Wildman–Crippen MR) is 118 cm³/mol. The van der Waals surface area contributed by atoms with Gasteiger partial charge in [-0.15, -0.1) is 0 Å². The van der Waals surface area contributed by atoms with Gasteiger partial charge in [-0.3, -0.25) is 9.59 Å². The van der Waals surface area contributed by atoms with Crippen LogP contribution in [0.4, 0.5) is 5.69 Å². The van der Waals surface area contributed by atoms with E-state index in [2.05, 4.69) is 5.32 Å². The number of hydrogen-bond acceptors (Lipinski definition) is 5. The van der Waals surface area contributed by atoms with Gasteiger partial charge in [-0.2, -0.15) is 0 Å². The minimum absolute atomic E-state index is 0.182. The smallest absolute Gasteiger partial charge is 0.329 e. The van der Waals surface area contributed by atoms with E-state index in [9.17, 15) is 19.5 Å². The number of fused-ring (bicyclic) bond motifs is 1. The Balaban J connectivity index is 1.88. The summed E-state index contributed by atoms with van der Waals surface area (Å²) in [6.45, 7) is 8.93. The van der Waals surface area contributed by atoms with E-state index in [4.69, 9.17) is 4.74 Å². The molecular weight excluding hydrogens is 398 g/mol. The Morgan fingerprint density at radius 3 is 2.55 bits per heavy atom. The van der Waals surface area contributed by atoms with E-state index in [1.165, 1.54) is 13.8 Å². The number of amides is 2. The number of piperidine rings is 1. The third-order valence-electron chi connectivity index (χ3n) is 6.23. The lowest BCUT2D eigenvalue weighted by atomic mass is 9.95. The summed E-state index contributed by atoms with van der Waals surface area (Å²) in [7, 11) is 0. The van der Waals surface area contributed by atoms with Gasteiger partial charge in [-0.05, 0) is 84.2 Å². The molecule has 8 nitrogen and oxygen atoms in total. The van der Waals surface area contributed by atoms with Crippen LogP contribution in [-0.4, -0.2) is 65.6 Å². The quantitative estimate of drug-likeness (QED) is 0.688. The number of rotatable bonds is 7. The average Bonchev–Trinajstić information content (AvgIpc) is 2.83. The number of aliphatic carboxylic acids is 1. The Kier molecular flexibility index (Phi) is 6.89. The molecule has 8 heteroatoms. The van der Waals surface area contributed by atoms with E-state index >= 15 is 0 Å². The summed E-state index contributed by atoms with van der Waals surface area (Å²) in [4.78, 5) is 40.9. The second kappa shape index (κ2) is 9.26. The number of anilines is 1. The molecule has 1 saturated heterocycles. The molecule has 0 aliphatic carbocycles. The van der Waals surface area contributed by atoms with Gasteiger partial charge in [0.2, 0.25) is 5.91 Å². The summed E-state index contributed by atoms with van der Waals surface area (Å²) in [5, 5.41) is 13.0. The monoisotopic (exact) mass is 431 g/mol. The normalized spacial score (nSPS) is 18.2. The molecule has 0 aromatic heterocycles. The van der Waals surface area contributed by atoms with Crippen LogP contribution in [0.25, 0.3) is 0 Å². The molecule has 0 radical (unpaired) electrons. The lowest BCUT2D eigenvalue weighted by Crippen LogP contribution is -2.55. The number of carbonyl (C=O) groups excluding carboxylic acids is 2. The number of carboxylic acids is 1. The van der Waals surface area contributed by atoms with Crippen LogP contribution in [0.2, 0.25) is 0 Å². The van der Waals surface area contributed by atoms with Crippen molar-refractivity contribution in [3.05, 3.63) is 23.8 Å². The zero-order chi connectivity index (χ0) is 22.8. The molecule has 0 atom stereocenters. The molecule has 2 aliphatic rings. The Morgan fingerprint density at radius 1 is 1.26 bits per heavy atom.